The average molecular weight is 449 g/mol. The summed E-state index contributed by atoms with van der Waals surface area (Å²) in [6.45, 7) is 0. The lowest BCUT2D eigenvalue weighted by Gasteiger charge is -2.12. The number of carbonyl (C=O) groups is 1. The number of methoxy groups -OCH3 is 2. The standard InChI is InChI=1S/C20H18Cl2N4O4/c1-29-18-11(9-12(21)19(30-2)17(18)22)10-23-26-16(27)8-7-15-20(28)25-14-6-4-3-5-13(14)24-15/h3-6,9-10H,7-8H2,1-2H3,(H,25,28)(H,26,27)/b23-10-. The number of benzene rings is 2. The molecule has 2 N–H and O–H groups in total. The molecule has 0 spiro atoms. The first kappa shape index (κ1) is 21.6. The number of rotatable bonds is 7. The van der Waals surface area contributed by atoms with Crippen molar-refractivity contribution in [3.63, 3.8) is 0 Å². The van der Waals surface area contributed by atoms with E-state index in [2.05, 4.69) is 20.5 Å². The minimum absolute atomic E-state index is 0.0347. The van der Waals surface area contributed by atoms with E-state index >= 15 is 0 Å². The van der Waals surface area contributed by atoms with Gasteiger partial charge in [0.15, 0.2) is 5.75 Å². The Morgan fingerprint density at radius 3 is 2.70 bits per heavy atom. The smallest absolute Gasteiger partial charge is 0.270 e. The molecule has 8 nitrogen and oxygen atoms in total. The fourth-order valence-corrected chi connectivity index (χ4v) is 3.49. The molecule has 3 rings (SSSR count). The Hall–Kier alpha value is -3.10. The molecule has 0 aliphatic heterocycles. The number of hydrogen-bond acceptors (Lipinski definition) is 6. The molecule has 1 amide bonds. The summed E-state index contributed by atoms with van der Waals surface area (Å²) in [7, 11) is 2.88. The van der Waals surface area contributed by atoms with Crippen LogP contribution in [0.15, 0.2) is 40.2 Å². The van der Waals surface area contributed by atoms with E-state index in [4.69, 9.17) is 32.7 Å². The van der Waals surface area contributed by atoms with Gasteiger partial charge in [-0.2, -0.15) is 5.10 Å². The van der Waals surface area contributed by atoms with Gasteiger partial charge in [0.05, 0.1) is 36.5 Å². The quantitative estimate of drug-likeness (QED) is 0.425. The number of para-hydroxylation sites is 2. The van der Waals surface area contributed by atoms with Crippen LogP contribution >= 0.6 is 23.2 Å². The number of H-pyrrole nitrogens is 1. The molecule has 0 saturated carbocycles. The van der Waals surface area contributed by atoms with Gasteiger partial charge in [-0.1, -0.05) is 35.3 Å². The molecule has 0 radical (unpaired) electrons. The van der Waals surface area contributed by atoms with Gasteiger partial charge in [0.2, 0.25) is 5.91 Å². The van der Waals surface area contributed by atoms with Crippen molar-refractivity contribution in [1.82, 2.24) is 15.4 Å². The van der Waals surface area contributed by atoms with Crippen LogP contribution in [0.25, 0.3) is 11.0 Å². The highest BCUT2D eigenvalue weighted by molar-refractivity contribution is 6.38. The maximum atomic E-state index is 12.1. The lowest BCUT2D eigenvalue weighted by Crippen LogP contribution is -2.21. The van der Waals surface area contributed by atoms with E-state index in [0.29, 0.717) is 22.3 Å². The summed E-state index contributed by atoms with van der Waals surface area (Å²) in [5.41, 5.74) is 4.12. The van der Waals surface area contributed by atoms with Crippen molar-refractivity contribution in [2.24, 2.45) is 5.10 Å². The molecule has 0 atom stereocenters. The number of aryl methyl sites for hydroxylation is 1. The Morgan fingerprint density at radius 2 is 1.97 bits per heavy atom. The van der Waals surface area contributed by atoms with Gasteiger partial charge in [-0.05, 0) is 18.2 Å². The van der Waals surface area contributed by atoms with E-state index in [9.17, 15) is 9.59 Å². The Bertz CT molecular complexity index is 1180. The fraction of sp³-hybridized carbons (Fsp3) is 0.200. The van der Waals surface area contributed by atoms with Gasteiger partial charge in [0.1, 0.15) is 16.5 Å². The Labute approximate surface area is 181 Å². The number of nitrogens with one attached hydrogen (secondary N) is 2. The first-order chi connectivity index (χ1) is 14.4. The van der Waals surface area contributed by atoms with E-state index in [1.165, 1.54) is 20.4 Å². The van der Waals surface area contributed by atoms with Gasteiger partial charge in [-0.3, -0.25) is 9.59 Å². The van der Waals surface area contributed by atoms with E-state index < -0.39 is 0 Å². The normalized spacial score (nSPS) is 11.1. The fourth-order valence-electron chi connectivity index (χ4n) is 2.79. The van der Waals surface area contributed by atoms with Gasteiger partial charge in [-0.15, -0.1) is 0 Å². The Morgan fingerprint density at radius 1 is 1.23 bits per heavy atom. The molecule has 3 aromatic rings. The molecule has 1 aromatic heterocycles. The van der Waals surface area contributed by atoms with Crippen molar-refractivity contribution >= 4 is 46.4 Å². The number of aromatic nitrogens is 2. The number of carbonyl (C=O) groups excluding carboxylic acids is 1. The molecule has 0 aliphatic carbocycles. The molecule has 156 valence electrons. The molecule has 0 bridgehead atoms. The maximum Gasteiger partial charge on any atom is 0.270 e. The third-order valence-corrected chi connectivity index (χ3v) is 4.84. The summed E-state index contributed by atoms with van der Waals surface area (Å²) in [6.07, 6.45) is 1.56. The molecule has 0 aliphatic rings. The third-order valence-electron chi connectivity index (χ3n) is 4.22. The summed E-state index contributed by atoms with van der Waals surface area (Å²) in [5.74, 6) is 0.206. The molecule has 1 heterocycles. The van der Waals surface area contributed by atoms with Crippen LogP contribution in [-0.2, 0) is 11.2 Å². The summed E-state index contributed by atoms with van der Waals surface area (Å²) in [6, 6.07) is 8.74. The SMILES string of the molecule is COc1c(Cl)cc(/C=N\NC(=O)CCc2nc3ccccc3[nH]c2=O)c(OC)c1Cl. The summed E-state index contributed by atoms with van der Waals surface area (Å²) in [5, 5.41) is 4.38. The molecule has 0 fully saturated rings. The molecular weight excluding hydrogens is 431 g/mol. The Balaban J connectivity index is 1.66. The van der Waals surface area contributed by atoms with Crippen molar-refractivity contribution < 1.29 is 14.3 Å². The predicted octanol–water partition coefficient (Wildman–Crippen LogP) is 3.33. The number of aromatic amines is 1. The zero-order valence-corrected chi connectivity index (χ0v) is 17.7. The van der Waals surface area contributed by atoms with Crippen LogP contribution < -0.4 is 20.5 Å². The van der Waals surface area contributed by atoms with Gasteiger partial charge in [0, 0.05) is 18.4 Å². The van der Waals surface area contributed by atoms with Crippen molar-refractivity contribution in [3.05, 3.63) is 62.0 Å². The highest BCUT2D eigenvalue weighted by Crippen LogP contribution is 2.41. The van der Waals surface area contributed by atoms with E-state index in [-0.39, 0.29) is 45.8 Å². The van der Waals surface area contributed by atoms with Gasteiger partial charge >= 0.3 is 0 Å². The molecule has 10 heteroatoms. The van der Waals surface area contributed by atoms with Crippen molar-refractivity contribution in [2.75, 3.05) is 14.2 Å². The van der Waals surface area contributed by atoms with Crippen LogP contribution in [0.1, 0.15) is 17.7 Å². The summed E-state index contributed by atoms with van der Waals surface area (Å²) < 4.78 is 10.4. The third kappa shape index (κ3) is 4.72. The van der Waals surface area contributed by atoms with Crippen LogP contribution in [0.3, 0.4) is 0 Å². The lowest BCUT2D eigenvalue weighted by atomic mass is 10.2. The molecule has 30 heavy (non-hydrogen) atoms. The number of fused-ring (bicyclic) bond motifs is 1. The molecule has 2 aromatic carbocycles. The van der Waals surface area contributed by atoms with Crippen molar-refractivity contribution in [1.29, 1.82) is 0 Å². The number of hydrazone groups is 1. The van der Waals surface area contributed by atoms with Crippen molar-refractivity contribution in [3.8, 4) is 11.5 Å². The second kappa shape index (κ2) is 9.60. The monoisotopic (exact) mass is 448 g/mol. The molecule has 0 saturated heterocycles. The zero-order valence-electron chi connectivity index (χ0n) is 16.2. The van der Waals surface area contributed by atoms with E-state index in [1.54, 1.807) is 18.2 Å². The minimum Gasteiger partial charge on any atom is -0.494 e. The molecular formula is C20H18Cl2N4O4. The number of nitrogens with zero attached hydrogens (tertiary/aromatic N) is 2. The van der Waals surface area contributed by atoms with Crippen LogP contribution in [0.5, 0.6) is 11.5 Å². The predicted molar refractivity (Wildman–Crippen MR) is 116 cm³/mol. The zero-order chi connectivity index (χ0) is 21.7. The maximum absolute atomic E-state index is 12.1. The highest BCUT2D eigenvalue weighted by Gasteiger charge is 2.16. The summed E-state index contributed by atoms with van der Waals surface area (Å²) >= 11 is 12.3. The van der Waals surface area contributed by atoms with E-state index in [1.807, 2.05) is 12.1 Å². The summed E-state index contributed by atoms with van der Waals surface area (Å²) in [4.78, 5) is 31.3. The number of halogens is 2. The number of ether oxygens (including phenoxy) is 2. The number of hydrogen-bond donors (Lipinski definition) is 2. The van der Waals surface area contributed by atoms with Crippen LogP contribution in [0.4, 0.5) is 0 Å². The largest absolute Gasteiger partial charge is 0.494 e. The minimum atomic E-state index is -0.384. The Kier molecular flexibility index (Phi) is 6.91. The average Bonchev–Trinajstić information content (AvgIpc) is 2.72. The van der Waals surface area contributed by atoms with Crippen LogP contribution in [0.2, 0.25) is 10.0 Å². The second-order valence-electron chi connectivity index (χ2n) is 6.15. The van der Waals surface area contributed by atoms with Gasteiger partial charge < -0.3 is 14.5 Å². The van der Waals surface area contributed by atoms with Crippen LogP contribution in [0, 0.1) is 0 Å². The highest BCUT2D eigenvalue weighted by atomic mass is 35.5. The first-order valence-corrected chi connectivity index (χ1v) is 9.60. The van der Waals surface area contributed by atoms with Gasteiger partial charge in [-0.25, -0.2) is 10.4 Å². The number of amides is 1. The lowest BCUT2D eigenvalue weighted by molar-refractivity contribution is -0.121. The topological polar surface area (TPSA) is 106 Å². The van der Waals surface area contributed by atoms with Crippen molar-refractivity contribution in [2.45, 2.75) is 12.8 Å². The van der Waals surface area contributed by atoms with E-state index in [0.717, 1.165) is 0 Å². The van der Waals surface area contributed by atoms with Gasteiger partial charge in [0.25, 0.3) is 5.56 Å². The first-order valence-electron chi connectivity index (χ1n) is 8.84. The second-order valence-corrected chi connectivity index (χ2v) is 6.94. The van der Waals surface area contributed by atoms with Crippen LogP contribution in [-0.4, -0.2) is 36.3 Å². The molecule has 0 unspecified atom stereocenters.